The third kappa shape index (κ3) is 5.03. The molecule has 0 fully saturated rings. The van der Waals surface area contributed by atoms with Crippen LogP contribution in [0.25, 0.3) is 0 Å². The normalized spacial score (nSPS) is 10.9. The van der Waals surface area contributed by atoms with Crippen molar-refractivity contribution in [2.75, 3.05) is 29.5 Å². The van der Waals surface area contributed by atoms with Crippen LogP contribution in [0, 0.1) is 5.82 Å². The fraction of sp³-hybridized carbons (Fsp3) is 0.176. The number of nitrogens with zero attached hydrogens (tertiary/aromatic N) is 1. The first-order valence-electron chi connectivity index (χ1n) is 7.42. The largest absolute Gasteiger partial charge is 0.465 e. The van der Waals surface area contributed by atoms with Crippen LogP contribution in [0.2, 0.25) is 0 Å². The van der Waals surface area contributed by atoms with E-state index in [0.717, 1.165) is 10.6 Å². The quantitative estimate of drug-likeness (QED) is 0.774. The molecule has 0 radical (unpaired) electrons. The van der Waals surface area contributed by atoms with Gasteiger partial charge in [0, 0.05) is 5.69 Å². The molecular weight excluding hydrogens is 363 g/mol. The molecule has 9 heteroatoms. The molecule has 26 heavy (non-hydrogen) atoms. The summed E-state index contributed by atoms with van der Waals surface area (Å²) in [5.41, 5.74) is 0.806. The lowest BCUT2D eigenvalue weighted by Gasteiger charge is -2.22. The van der Waals surface area contributed by atoms with Crippen LogP contribution in [-0.2, 0) is 19.6 Å². The third-order valence-electron chi connectivity index (χ3n) is 3.39. The molecule has 0 aromatic heterocycles. The lowest BCUT2D eigenvalue weighted by atomic mass is 10.2. The molecule has 0 heterocycles. The van der Waals surface area contributed by atoms with Gasteiger partial charge in [-0.2, -0.15) is 0 Å². The Morgan fingerprint density at radius 1 is 1.08 bits per heavy atom. The zero-order valence-electron chi connectivity index (χ0n) is 14.1. The van der Waals surface area contributed by atoms with Crippen LogP contribution in [-0.4, -0.2) is 40.2 Å². The number of nitrogens with one attached hydrogen (secondary N) is 1. The number of rotatable bonds is 6. The summed E-state index contributed by atoms with van der Waals surface area (Å²) in [4.78, 5) is 23.6. The molecule has 0 aliphatic heterocycles. The molecule has 0 atom stereocenters. The number of sulfonamides is 1. The van der Waals surface area contributed by atoms with Crippen molar-refractivity contribution in [3.05, 3.63) is 59.9 Å². The molecule has 7 nitrogen and oxygen atoms in total. The SMILES string of the molecule is COC(=O)c1ccc(N(CC(=O)Nc2ccc(F)cc2)S(C)(=O)=O)cc1. The Bertz CT molecular complexity index is 896. The number of hydrogen-bond donors (Lipinski definition) is 1. The van der Waals surface area contributed by atoms with Crippen LogP contribution in [0.4, 0.5) is 15.8 Å². The fourth-order valence-electron chi connectivity index (χ4n) is 2.15. The Hall–Kier alpha value is -2.94. The van der Waals surface area contributed by atoms with E-state index in [1.807, 2.05) is 0 Å². The summed E-state index contributed by atoms with van der Waals surface area (Å²) in [6.45, 7) is -0.478. The van der Waals surface area contributed by atoms with E-state index in [9.17, 15) is 22.4 Å². The Morgan fingerprint density at radius 3 is 2.15 bits per heavy atom. The van der Waals surface area contributed by atoms with Crippen LogP contribution in [0.1, 0.15) is 10.4 Å². The van der Waals surface area contributed by atoms with Crippen LogP contribution in [0.5, 0.6) is 0 Å². The van der Waals surface area contributed by atoms with Crippen molar-refractivity contribution in [1.82, 2.24) is 0 Å². The molecule has 2 rings (SSSR count). The minimum absolute atomic E-state index is 0.217. The van der Waals surface area contributed by atoms with E-state index in [-0.39, 0.29) is 11.3 Å². The highest BCUT2D eigenvalue weighted by Crippen LogP contribution is 2.19. The van der Waals surface area contributed by atoms with Gasteiger partial charge in [0.05, 0.1) is 24.6 Å². The molecule has 1 N–H and O–H groups in total. The summed E-state index contributed by atoms with van der Waals surface area (Å²) in [6, 6.07) is 10.7. The Balaban J connectivity index is 2.18. The number of amides is 1. The monoisotopic (exact) mass is 380 g/mol. The number of hydrogen-bond acceptors (Lipinski definition) is 5. The second-order valence-corrected chi connectivity index (χ2v) is 7.27. The van der Waals surface area contributed by atoms with Crippen molar-refractivity contribution in [3.8, 4) is 0 Å². The standard InChI is InChI=1S/C17H17FN2O5S/c1-25-17(22)12-3-9-15(10-4-12)20(26(2,23)24)11-16(21)19-14-7-5-13(18)6-8-14/h3-10H,11H2,1-2H3,(H,19,21). The van der Waals surface area contributed by atoms with E-state index in [1.54, 1.807) is 0 Å². The summed E-state index contributed by atoms with van der Waals surface area (Å²) in [5, 5.41) is 2.49. The zero-order valence-corrected chi connectivity index (χ0v) is 14.9. The maximum Gasteiger partial charge on any atom is 0.337 e. The number of carbonyl (C=O) groups is 2. The Labute approximate surface area is 150 Å². The van der Waals surface area contributed by atoms with Crippen LogP contribution >= 0.6 is 0 Å². The van der Waals surface area contributed by atoms with Gasteiger partial charge in [-0.25, -0.2) is 17.6 Å². The van der Waals surface area contributed by atoms with Crippen molar-refractivity contribution in [2.24, 2.45) is 0 Å². The average molecular weight is 380 g/mol. The molecule has 0 aliphatic rings. The predicted octanol–water partition coefficient (Wildman–Crippen LogP) is 2.02. The predicted molar refractivity (Wildman–Crippen MR) is 95.0 cm³/mol. The molecule has 138 valence electrons. The van der Waals surface area contributed by atoms with Gasteiger partial charge in [-0.3, -0.25) is 9.10 Å². The molecule has 0 aliphatic carbocycles. The fourth-order valence-corrected chi connectivity index (χ4v) is 3.00. The summed E-state index contributed by atoms with van der Waals surface area (Å²) in [5.74, 6) is -1.61. The lowest BCUT2D eigenvalue weighted by molar-refractivity contribution is -0.114. The molecule has 1 amide bonds. The molecule has 0 saturated carbocycles. The minimum atomic E-state index is -3.75. The number of esters is 1. The van der Waals surface area contributed by atoms with Gasteiger partial charge < -0.3 is 10.1 Å². The summed E-state index contributed by atoms with van der Waals surface area (Å²) in [6.07, 6.45) is 0.965. The van der Waals surface area contributed by atoms with Gasteiger partial charge in [0.1, 0.15) is 12.4 Å². The Kier molecular flexibility index (Phi) is 5.93. The number of carbonyl (C=O) groups excluding carboxylic acids is 2. The third-order valence-corrected chi connectivity index (χ3v) is 4.53. The van der Waals surface area contributed by atoms with Crippen molar-refractivity contribution >= 4 is 33.3 Å². The maximum atomic E-state index is 12.9. The average Bonchev–Trinajstić information content (AvgIpc) is 2.60. The van der Waals surface area contributed by atoms with Crippen molar-refractivity contribution in [2.45, 2.75) is 0 Å². The van der Waals surface area contributed by atoms with Crippen molar-refractivity contribution < 1.29 is 27.1 Å². The number of halogens is 1. The van der Waals surface area contributed by atoms with Crippen molar-refractivity contribution in [3.63, 3.8) is 0 Å². The molecule has 2 aromatic rings. The number of methoxy groups -OCH3 is 1. The van der Waals surface area contributed by atoms with E-state index < -0.39 is 34.3 Å². The van der Waals surface area contributed by atoms with E-state index in [0.29, 0.717) is 5.69 Å². The number of anilines is 2. The van der Waals surface area contributed by atoms with Gasteiger partial charge in [-0.05, 0) is 48.5 Å². The first-order chi connectivity index (χ1) is 12.2. The highest BCUT2D eigenvalue weighted by atomic mass is 32.2. The van der Waals surface area contributed by atoms with Gasteiger partial charge in [0.25, 0.3) is 0 Å². The summed E-state index contributed by atoms with van der Waals surface area (Å²) >= 11 is 0. The van der Waals surface area contributed by atoms with Gasteiger partial charge in [0.15, 0.2) is 0 Å². The van der Waals surface area contributed by atoms with E-state index in [1.165, 1.54) is 55.6 Å². The first-order valence-corrected chi connectivity index (χ1v) is 9.27. The van der Waals surface area contributed by atoms with E-state index >= 15 is 0 Å². The molecule has 0 spiro atoms. The zero-order chi connectivity index (χ0) is 19.3. The smallest absolute Gasteiger partial charge is 0.337 e. The van der Waals surface area contributed by atoms with Crippen LogP contribution in [0.15, 0.2) is 48.5 Å². The lowest BCUT2D eigenvalue weighted by Crippen LogP contribution is -2.37. The van der Waals surface area contributed by atoms with E-state index in [2.05, 4.69) is 10.1 Å². The highest BCUT2D eigenvalue weighted by molar-refractivity contribution is 7.92. The molecule has 0 saturated heterocycles. The highest BCUT2D eigenvalue weighted by Gasteiger charge is 2.21. The summed E-state index contributed by atoms with van der Waals surface area (Å²) in [7, 11) is -2.52. The van der Waals surface area contributed by atoms with Gasteiger partial charge >= 0.3 is 5.97 Å². The Morgan fingerprint density at radius 2 is 1.65 bits per heavy atom. The number of ether oxygens (including phenoxy) is 1. The van der Waals surface area contributed by atoms with Crippen molar-refractivity contribution in [1.29, 1.82) is 0 Å². The minimum Gasteiger partial charge on any atom is -0.465 e. The van der Waals surface area contributed by atoms with Gasteiger partial charge in [-0.1, -0.05) is 0 Å². The molecule has 0 unspecified atom stereocenters. The van der Waals surface area contributed by atoms with Gasteiger partial charge in [-0.15, -0.1) is 0 Å². The van der Waals surface area contributed by atoms with Crippen LogP contribution < -0.4 is 9.62 Å². The molecular formula is C17H17FN2O5S. The topological polar surface area (TPSA) is 92.8 Å². The second kappa shape index (κ2) is 7.96. The summed E-state index contributed by atoms with van der Waals surface area (Å²) < 4.78 is 42.5. The first kappa shape index (κ1) is 19.4. The maximum absolute atomic E-state index is 12.9. The van der Waals surface area contributed by atoms with Crippen LogP contribution in [0.3, 0.4) is 0 Å². The second-order valence-electron chi connectivity index (χ2n) is 5.36. The number of benzene rings is 2. The van der Waals surface area contributed by atoms with Gasteiger partial charge in [0.2, 0.25) is 15.9 Å². The van der Waals surface area contributed by atoms with E-state index in [4.69, 9.17) is 0 Å². The molecule has 2 aromatic carbocycles. The molecule has 0 bridgehead atoms.